The number of phenolic OH excluding ortho intramolecular Hbond substituents is 1. The first kappa shape index (κ1) is 37.4. The Balaban J connectivity index is 1.36. The number of carbonyl (C=O) groups excluding carboxylic acids is 3. The zero-order valence-electron chi connectivity index (χ0n) is 33.1. The van der Waals surface area contributed by atoms with E-state index in [0.29, 0.717) is 66.4 Å². The number of carbonyl (C=O) groups is 3. The van der Waals surface area contributed by atoms with E-state index in [9.17, 15) is 14.7 Å². The minimum absolute atomic E-state index is 0.0642. The molecule has 1 aromatic rings. The van der Waals surface area contributed by atoms with E-state index < -0.39 is 28.3 Å². The lowest BCUT2D eigenvalue weighted by atomic mass is 9.51. The van der Waals surface area contributed by atoms with Crippen LogP contribution in [0.3, 0.4) is 0 Å². The Hall–Kier alpha value is -3.95. The van der Waals surface area contributed by atoms with Crippen LogP contribution in [-0.4, -0.2) is 88.0 Å². The van der Waals surface area contributed by atoms with E-state index in [1.165, 1.54) is 5.57 Å². The molecule has 9 nitrogen and oxygen atoms in total. The number of rotatable bonds is 9. The van der Waals surface area contributed by atoms with E-state index in [0.717, 1.165) is 18.4 Å². The lowest BCUT2D eigenvalue weighted by molar-refractivity contribution is -0.171. The number of nitrogens with zero attached hydrogens (tertiary/aromatic N) is 2. The lowest BCUT2D eigenvalue weighted by Gasteiger charge is -2.56. The van der Waals surface area contributed by atoms with Crippen LogP contribution >= 0.6 is 0 Å². The summed E-state index contributed by atoms with van der Waals surface area (Å²) < 4.78 is 21.1. The van der Waals surface area contributed by atoms with Gasteiger partial charge in [0, 0.05) is 54.1 Å². The van der Waals surface area contributed by atoms with Crippen molar-refractivity contribution in [3.8, 4) is 17.2 Å². The monoisotopic (exact) mass is 724 g/mol. The average Bonchev–Trinajstić information content (AvgIpc) is 3.63. The Labute approximate surface area is 314 Å². The number of benzene rings is 1. The minimum Gasteiger partial charge on any atom is -0.506 e. The lowest BCUT2D eigenvalue weighted by Crippen LogP contribution is -2.72. The number of amides is 1. The fraction of sp³-hybridized carbons (Fsp3) is 0.568. The van der Waals surface area contributed by atoms with Crippen molar-refractivity contribution in [1.82, 2.24) is 9.80 Å². The Morgan fingerprint density at radius 3 is 2.40 bits per heavy atom. The summed E-state index contributed by atoms with van der Waals surface area (Å²) in [6.07, 6.45) is 15.0. The van der Waals surface area contributed by atoms with Crippen LogP contribution in [0.1, 0.15) is 109 Å². The average molecular weight is 725 g/mol. The van der Waals surface area contributed by atoms with E-state index in [1.54, 1.807) is 13.0 Å². The number of hydrogen-bond acceptors (Lipinski definition) is 8. The molecule has 2 saturated heterocycles. The first-order valence-electron chi connectivity index (χ1n) is 19.3. The summed E-state index contributed by atoms with van der Waals surface area (Å²) in [6.45, 7) is 17.3. The minimum atomic E-state index is -1.56. The van der Waals surface area contributed by atoms with E-state index in [-0.39, 0.29) is 46.9 Å². The van der Waals surface area contributed by atoms with Crippen LogP contribution in [0, 0.1) is 11.8 Å². The highest BCUT2D eigenvalue weighted by Crippen LogP contribution is 2.68. The van der Waals surface area contributed by atoms with Gasteiger partial charge in [-0.05, 0) is 114 Å². The number of aromatic hydroxyl groups is 1. The molecule has 4 heterocycles. The third kappa shape index (κ3) is 5.67. The van der Waals surface area contributed by atoms with Gasteiger partial charge >= 0.3 is 0 Å². The van der Waals surface area contributed by atoms with Gasteiger partial charge in [-0.15, -0.1) is 0 Å². The summed E-state index contributed by atoms with van der Waals surface area (Å²) in [5.74, 6) is -0.902. The predicted molar refractivity (Wildman–Crippen MR) is 205 cm³/mol. The van der Waals surface area contributed by atoms with Gasteiger partial charge in [0.05, 0.1) is 11.2 Å². The van der Waals surface area contributed by atoms with Crippen LogP contribution in [0.25, 0.3) is 6.08 Å². The summed E-state index contributed by atoms with van der Waals surface area (Å²) in [7, 11) is 4.06. The molecule has 1 amide bonds. The van der Waals surface area contributed by atoms with Crippen LogP contribution in [0.5, 0.6) is 17.2 Å². The number of fused-ring (bicyclic) bond motifs is 2. The highest BCUT2D eigenvalue weighted by molar-refractivity contribution is 6.19. The number of ketones is 2. The van der Waals surface area contributed by atoms with Gasteiger partial charge in [0.1, 0.15) is 28.4 Å². The molecule has 4 bridgehead atoms. The van der Waals surface area contributed by atoms with Gasteiger partial charge in [0.25, 0.3) is 0 Å². The molecule has 4 aliphatic heterocycles. The number of allylic oxidation sites excluding steroid dienone is 5. The first-order chi connectivity index (χ1) is 24.9. The van der Waals surface area contributed by atoms with E-state index in [2.05, 4.69) is 30.9 Å². The summed E-state index contributed by atoms with van der Waals surface area (Å²) in [6, 6.07) is 0.298. The smallest absolute Gasteiger partial charge is 0.249 e. The summed E-state index contributed by atoms with van der Waals surface area (Å²) >= 11 is 0. The highest BCUT2D eigenvalue weighted by atomic mass is 16.6. The molecule has 8 rings (SSSR count). The van der Waals surface area contributed by atoms with Gasteiger partial charge in [0.2, 0.25) is 5.91 Å². The van der Waals surface area contributed by atoms with Gasteiger partial charge in [-0.25, -0.2) is 0 Å². The highest BCUT2D eigenvalue weighted by Gasteiger charge is 2.81. The maximum Gasteiger partial charge on any atom is 0.249 e. The maximum absolute atomic E-state index is 15.0. The second-order valence-corrected chi connectivity index (χ2v) is 17.6. The molecule has 3 aliphatic carbocycles. The molecule has 0 radical (unpaired) electrons. The largest absolute Gasteiger partial charge is 0.506 e. The third-order valence-corrected chi connectivity index (χ3v) is 12.7. The number of Topliss-reactive ketones (excluding diaryl/α,β-unsaturated/α-hetero) is 2. The van der Waals surface area contributed by atoms with Gasteiger partial charge in [0.15, 0.2) is 22.8 Å². The van der Waals surface area contributed by atoms with Gasteiger partial charge in [-0.1, -0.05) is 35.5 Å². The molecule has 1 saturated carbocycles. The Kier molecular flexibility index (Phi) is 9.05. The van der Waals surface area contributed by atoms with Crippen LogP contribution in [0.4, 0.5) is 0 Å². The van der Waals surface area contributed by atoms with E-state index >= 15 is 4.79 Å². The Bertz CT molecular complexity index is 1940. The number of likely N-dealkylation sites (tertiary alicyclic amines) is 1. The van der Waals surface area contributed by atoms with Crippen LogP contribution in [-0.2, 0) is 20.7 Å². The molecule has 1 spiro atoms. The van der Waals surface area contributed by atoms with Gasteiger partial charge < -0.3 is 29.1 Å². The topological polar surface area (TPSA) is 106 Å². The molecular formula is C44H56N2O7. The number of ether oxygens (including phenoxy) is 3. The standard InChI is InChI=1S/C44H56N2O7/c1-25(2)12-11-18-42(8)19-16-30-35(47)34-36(48)32-22-28-23-33-41(6,7)53-43(39(28)49,20-15-27(5)40(50)46-21-17-29(24-46)45(9)10)44(32,33)52-38(34)31(37(30)51-42)14-13-26(3)4/h12-13,15-16,19,22,28-29,33,47H,11,14,17-18,20-21,23-24H2,1-10H3/b27-15-. The molecule has 7 aliphatic rings. The molecule has 53 heavy (non-hydrogen) atoms. The van der Waals surface area contributed by atoms with E-state index in [4.69, 9.17) is 14.2 Å². The quantitative estimate of drug-likeness (QED) is 0.209. The number of likely N-dealkylation sites (N-methyl/N-ethyl adjacent to an activating group) is 1. The molecule has 1 aromatic carbocycles. The molecule has 6 atom stereocenters. The third-order valence-electron chi connectivity index (χ3n) is 12.7. The molecule has 9 heteroatoms. The van der Waals surface area contributed by atoms with Gasteiger partial charge in [-0.2, -0.15) is 0 Å². The first-order valence-corrected chi connectivity index (χ1v) is 19.3. The molecule has 6 unspecified atom stereocenters. The van der Waals surface area contributed by atoms with Gasteiger partial charge in [-0.3, -0.25) is 14.4 Å². The second-order valence-electron chi connectivity index (χ2n) is 17.6. The fourth-order valence-electron chi connectivity index (χ4n) is 9.77. The summed E-state index contributed by atoms with van der Waals surface area (Å²) in [5, 5.41) is 12.0. The van der Waals surface area contributed by atoms with Crippen LogP contribution in [0.15, 0.2) is 52.7 Å². The summed E-state index contributed by atoms with van der Waals surface area (Å²) in [5.41, 5.74) is -0.109. The van der Waals surface area contributed by atoms with Crippen LogP contribution < -0.4 is 9.47 Å². The summed E-state index contributed by atoms with van der Waals surface area (Å²) in [4.78, 5) is 47.5. The van der Waals surface area contributed by atoms with Crippen LogP contribution in [0.2, 0.25) is 0 Å². The number of hydrogen-bond donors (Lipinski definition) is 1. The molecule has 0 aromatic heterocycles. The van der Waals surface area contributed by atoms with Crippen molar-refractivity contribution in [2.75, 3.05) is 27.2 Å². The van der Waals surface area contributed by atoms with Crippen molar-refractivity contribution in [3.05, 3.63) is 69.4 Å². The Morgan fingerprint density at radius 1 is 1.02 bits per heavy atom. The zero-order valence-corrected chi connectivity index (χ0v) is 33.1. The molecule has 1 N–H and O–H groups in total. The van der Waals surface area contributed by atoms with Crippen molar-refractivity contribution >= 4 is 23.5 Å². The second kappa shape index (κ2) is 12.8. The fourth-order valence-corrected chi connectivity index (χ4v) is 9.77. The Morgan fingerprint density at radius 2 is 1.74 bits per heavy atom. The van der Waals surface area contributed by atoms with E-state index in [1.807, 2.05) is 71.8 Å². The molecule has 3 fully saturated rings. The van der Waals surface area contributed by atoms with Crippen molar-refractivity contribution in [2.24, 2.45) is 11.8 Å². The maximum atomic E-state index is 15.0. The molecular weight excluding hydrogens is 668 g/mol. The molecule has 284 valence electrons. The SMILES string of the molecule is CC(C)=CCCC1(C)C=Cc2c(O)c3c(c(CC=C(C)C)c2O1)OC12C(=CC4CC1C(C)(C)OC2(C/C=C(/C)C(=O)N1CCC(N(C)C)C1)C4=O)C3=O. The van der Waals surface area contributed by atoms with Crippen molar-refractivity contribution in [3.63, 3.8) is 0 Å². The van der Waals surface area contributed by atoms with Crippen molar-refractivity contribution in [1.29, 1.82) is 0 Å². The predicted octanol–water partition coefficient (Wildman–Crippen LogP) is 7.32. The zero-order chi connectivity index (χ0) is 38.4. The van der Waals surface area contributed by atoms with Crippen molar-refractivity contribution in [2.45, 2.75) is 122 Å². The number of phenols is 1. The van der Waals surface area contributed by atoms with Crippen molar-refractivity contribution < 1.29 is 33.7 Å². The normalized spacial score (nSPS) is 31.8.